The third kappa shape index (κ3) is 5.99. The van der Waals surface area contributed by atoms with Gasteiger partial charge in [0.05, 0.1) is 6.10 Å². The summed E-state index contributed by atoms with van der Waals surface area (Å²) < 4.78 is 40.0. The Morgan fingerprint density at radius 2 is 1.76 bits per heavy atom. The smallest absolute Gasteiger partial charge is 0.406 e. The predicted molar refractivity (Wildman–Crippen MR) is 88.6 cm³/mol. The molecule has 2 N–H and O–H groups in total. The second-order valence-corrected chi connectivity index (χ2v) is 5.95. The zero-order chi connectivity index (χ0) is 18.4. The van der Waals surface area contributed by atoms with Gasteiger partial charge in [0.25, 0.3) is 5.91 Å². The van der Waals surface area contributed by atoms with E-state index in [1.165, 1.54) is 12.1 Å². The van der Waals surface area contributed by atoms with Crippen LogP contribution in [0.25, 0.3) is 0 Å². The fourth-order valence-corrected chi connectivity index (χ4v) is 2.45. The first kappa shape index (κ1) is 19.1. The summed E-state index contributed by atoms with van der Waals surface area (Å²) in [7, 11) is 0. The molecule has 0 aliphatic heterocycles. The van der Waals surface area contributed by atoms with Gasteiger partial charge in [0.15, 0.2) is 0 Å². The summed E-state index contributed by atoms with van der Waals surface area (Å²) in [5.41, 5.74) is 0.825. The van der Waals surface area contributed by atoms with E-state index in [4.69, 9.17) is 0 Å². The van der Waals surface area contributed by atoms with Crippen LogP contribution in [-0.2, 0) is 0 Å². The summed E-state index contributed by atoms with van der Waals surface area (Å²) >= 11 is 1.58. The largest absolute Gasteiger partial charge is 0.573 e. The van der Waals surface area contributed by atoms with E-state index < -0.39 is 24.1 Å². The van der Waals surface area contributed by atoms with Gasteiger partial charge in [-0.05, 0) is 48.2 Å². The number of benzene rings is 2. The SMILES string of the molecule is CSc1ccc(C(O)CNC(=O)c2ccc(OC(F)(F)F)cc2)cc1. The summed E-state index contributed by atoms with van der Waals surface area (Å²) in [6.07, 6.45) is -3.72. The lowest BCUT2D eigenvalue weighted by molar-refractivity contribution is -0.274. The van der Waals surface area contributed by atoms with Gasteiger partial charge in [0, 0.05) is 17.0 Å². The summed E-state index contributed by atoms with van der Waals surface area (Å²) in [5.74, 6) is -0.906. The highest BCUT2D eigenvalue weighted by Crippen LogP contribution is 2.23. The standard InChI is InChI=1S/C17H16F3NO3S/c1-25-14-8-4-11(5-9-14)15(22)10-21-16(23)12-2-6-13(7-3-12)24-17(18,19)20/h2-9,15,22H,10H2,1H3,(H,21,23). The van der Waals surface area contributed by atoms with Crippen molar-refractivity contribution in [2.24, 2.45) is 0 Å². The highest BCUT2D eigenvalue weighted by atomic mass is 32.2. The molecule has 0 saturated carbocycles. The molecule has 0 aliphatic rings. The molecule has 0 saturated heterocycles. The maximum absolute atomic E-state index is 12.1. The van der Waals surface area contributed by atoms with Crippen LogP contribution in [0.4, 0.5) is 13.2 Å². The molecule has 0 aromatic heterocycles. The maximum atomic E-state index is 12.1. The molecule has 1 amide bonds. The highest BCUT2D eigenvalue weighted by Gasteiger charge is 2.31. The van der Waals surface area contributed by atoms with Crippen molar-refractivity contribution in [2.75, 3.05) is 12.8 Å². The number of carbonyl (C=O) groups excluding carboxylic acids is 1. The monoisotopic (exact) mass is 371 g/mol. The lowest BCUT2D eigenvalue weighted by Crippen LogP contribution is -2.28. The van der Waals surface area contributed by atoms with Crippen LogP contribution in [0, 0.1) is 0 Å². The number of ether oxygens (including phenoxy) is 1. The van der Waals surface area contributed by atoms with Crippen LogP contribution >= 0.6 is 11.8 Å². The molecule has 2 aromatic carbocycles. The van der Waals surface area contributed by atoms with Crippen molar-refractivity contribution in [3.63, 3.8) is 0 Å². The molecule has 0 aliphatic carbocycles. The third-order valence-corrected chi connectivity index (χ3v) is 4.05. The minimum atomic E-state index is -4.78. The topological polar surface area (TPSA) is 58.6 Å². The average molecular weight is 371 g/mol. The van der Waals surface area contributed by atoms with Crippen LogP contribution in [0.3, 0.4) is 0 Å². The number of hydrogen-bond acceptors (Lipinski definition) is 4. The minimum Gasteiger partial charge on any atom is -0.406 e. The van der Waals surface area contributed by atoms with Gasteiger partial charge in [-0.15, -0.1) is 24.9 Å². The fourth-order valence-electron chi connectivity index (χ4n) is 2.04. The quantitative estimate of drug-likeness (QED) is 0.759. The summed E-state index contributed by atoms with van der Waals surface area (Å²) in [6, 6.07) is 11.8. The van der Waals surface area contributed by atoms with Gasteiger partial charge < -0.3 is 15.2 Å². The van der Waals surface area contributed by atoms with Crippen LogP contribution in [0.15, 0.2) is 53.4 Å². The van der Waals surface area contributed by atoms with Gasteiger partial charge in [-0.2, -0.15) is 0 Å². The van der Waals surface area contributed by atoms with Gasteiger partial charge >= 0.3 is 6.36 Å². The molecule has 2 rings (SSSR count). The number of nitrogens with one attached hydrogen (secondary N) is 1. The number of halogens is 3. The Morgan fingerprint density at radius 1 is 1.16 bits per heavy atom. The van der Waals surface area contributed by atoms with E-state index in [1.54, 1.807) is 23.9 Å². The van der Waals surface area contributed by atoms with Gasteiger partial charge in [-0.25, -0.2) is 0 Å². The van der Waals surface area contributed by atoms with Crippen LogP contribution in [0.1, 0.15) is 22.0 Å². The Kier molecular flexibility index (Phi) is 6.33. The van der Waals surface area contributed by atoms with Gasteiger partial charge in [-0.1, -0.05) is 12.1 Å². The van der Waals surface area contributed by atoms with Crippen molar-refractivity contribution in [3.05, 3.63) is 59.7 Å². The van der Waals surface area contributed by atoms with E-state index in [-0.39, 0.29) is 12.1 Å². The normalized spacial score (nSPS) is 12.5. The zero-order valence-electron chi connectivity index (χ0n) is 13.2. The van der Waals surface area contributed by atoms with Crippen LogP contribution in [0.5, 0.6) is 5.75 Å². The van der Waals surface area contributed by atoms with E-state index in [9.17, 15) is 23.1 Å². The Hall–Kier alpha value is -2.19. The Bertz CT molecular complexity index is 703. The first-order valence-corrected chi connectivity index (χ1v) is 8.47. The fraction of sp³-hybridized carbons (Fsp3) is 0.235. The van der Waals surface area contributed by atoms with Crippen molar-refractivity contribution in [3.8, 4) is 5.75 Å². The second kappa shape index (κ2) is 8.26. The Morgan fingerprint density at radius 3 is 2.28 bits per heavy atom. The number of alkyl halides is 3. The Balaban J connectivity index is 1.90. The molecular formula is C17H16F3NO3S. The summed E-state index contributed by atoms with van der Waals surface area (Å²) in [5, 5.41) is 12.6. The van der Waals surface area contributed by atoms with E-state index >= 15 is 0 Å². The molecule has 2 aromatic rings. The number of amides is 1. The molecule has 4 nitrogen and oxygen atoms in total. The number of thioether (sulfide) groups is 1. The first-order valence-electron chi connectivity index (χ1n) is 7.24. The van der Waals surface area contributed by atoms with E-state index in [2.05, 4.69) is 10.1 Å². The molecule has 25 heavy (non-hydrogen) atoms. The second-order valence-electron chi connectivity index (χ2n) is 5.07. The predicted octanol–water partition coefficient (Wildman–Crippen LogP) is 3.77. The van der Waals surface area contributed by atoms with Crippen LogP contribution in [-0.4, -0.2) is 30.2 Å². The molecule has 0 spiro atoms. The third-order valence-electron chi connectivity index (χ3n) is 3.31. The number of hydrogen-bond donors (Lipinski definition) is 2. The van der Waals surface area contributed by atoms with Crippen molar-refractivity contribution < 1.29 is 27.8 Å². The van der Waals surface area contributed by atoms with Crippen LogP contribution in [0.2, 0.25) is 0 Å². The maximum Gasteiger partial charge on any atom is 0.573 e. The Labute approximate surface area is 147 Å². The molecule has 0 heterocycles. The molecule has 8 heteroatoms. The molecule has 0 fully saturated rings. The first-order chi connectivity index (χ1) is 11.8. The van der Waals surface area contributed by atoms with Crippen molar-refractivity contribution in [2.45, 2.75) is 17.4 Å². The van der Waals surface area contributed by atoms with E-state index in [1.807, 2.05) is 18.4 Å². The van der Waals surface area contributed by atoms with Crippen molar-refractivity contribution in [1.82, 2.24) is 5.32 Å². The highest BCUT2D eigenvalue weighted by molar-refractivity contribution is 7.98. The van der Waals surface area contributed by atoms with E-state index in [0.717, 1.165) is 17.0 Å². The molecule has 0 bridgehead atoms. The summed E-state index contributed by atoms with van der Waals surface area (Å²) in [4.78, 5) is 13.0. The molecular weight excluding hydrogens is 355 g/mol. The van der Waals surface area contributed by atoms with Gasteiger partial charge in [0.2, 0.25) is 0 Å². The summed E-state index contributed by atoms with van der Waals surface area (Å²) in [6.45, 7) is -0.0156. The average Bonchev–Trinajstić information content (AvgIpc) is 2.58. The zero-order valence-corrected chi connectivity index (χ0v) is 14.0. The van der Waals surface area contributed by atoms with Gasteiger partial charge in [-0.3, -0.25) is 4.79 Å². The van der Waals surface area contributed by atoms with E-state index in [0.29, 0.717) is 5.56 Å². The molecule has 1 atom stereocenters. The lowest BCUT2D eigenvalue weighted by Gasteiger charge is -2.13. The lowest BCUT2D eigenvalue weighted by atomic mass is 10.1. The number of aliphatic hydroxyl groups excluding tert-OH is 1. The van der Waals surface area contributed by atoms with Crippen molar-refractivity contribution >= 4 is 17.7 Å². The molecule has 1 unspecified atom stereocenters. The van der Waals surface area contributed by atoms with Crippen LogP contribution < -0.4 is 10.1 Å². The number of rotatable bonds is 6. The number of carbonyl (C=O) groups is 1. The number of aliphatic hydroxyl groups is 1. The molecule has 134 valence electrons. The van der Waals surface area contributed by atoms with Crippen molar-refractivity contribution in [1.29, 1.82) is 0 Å². The minimum absolute atomic E-state index is 0.0156. The molecule has 0 radical (unpaired) electrons. The van der Waals surface area contributed by atoms with Gasteiger partial charge in [0.1, 0.15) is 5.75 Å².